The molecule has 1 aromatic carbocycles. The quantitative estimate of drug-likeness (QED) is 0.484. The molecule has 0 saturated carbocycles. The summed E-state index contributed by atoms with van der Waals surface area (Å²) in [7, 11) is 0. The lowest BCUT2D eigenvalue weighted by molar-refractivity contribution is -0.385. The Labute approximate surface area is 168 Å². The molecule has 3 aromatic rings. The van der Waals surface area contributed by atoms with Crippen molar-refractivity contribution in [1.82, 2.24) is 19.6 Å². The number of anilines is 1. The zero-order valence-corrected chi connectivity index (χ0v) is 16.0. The van der Waals surface area contributed by atoms with Crippen LogP contribution >= 0.6 is 0 Å². The highest BCUT2D eigenvalue weighted by Gasteiger charge is 2.30. The number of carbonyl (C=O) groups excluding carboxylic acids is 1. The second kappa shape index (κ2) is 7.97. The lowest BCUT2D eigenvalue weighted by Crippen LogP contribution is -2.20. The minimum absolute atomic E-state index is 0.0933. The van der Waals surface area contributed by atoms with Crippen molar-refractivity contribution in [3.05, 3.63) is 69.2 Å². The first kappa shape index (κ1) is 21.0. The molecule has 0 aliphatic carbocycles. The fraction of sp³-hybridized carbons (Fsp3) is 0.278. The van der Waals surface area contributed by atoms with Crippen LogP contribution in [0.3, 0.4) is 0 Å². The molecule has 3 rings (SSSR count). The SMILES string of the molecule is Cc1cc(NC(=O)Cn2ncc([N+](=O)[O-])c2C)nn1Cc1cccc(C(F)(F)F)c1. The highest BCUT2D eigenvalue weighted by atomic mass is 19.4. The molecule has 2 aromatic heterocycles. The van der Waals surface area contributed by atoms with Crippen molar-refractivity contribution in [1.29, 1.82) is 0 Å². The van der Waals surface area contributed by atoms with Gasteiger partial charge in [-0.15, -0.1) is 0 Å². The van der Waals surface area contributed by atoms with Crippen LogP contribution in [0.15, 0.2) is 36.5 Å². The third-order valence-electron chi connectivity index (χ3n) is 4.40. The fourth-order valence-electron chi connectivity index (χ4n) is 2.84. The van der Waals surface area contributed by atoms with E-state index in [0.29, 0.717) is 11.3 Å². The van der Waals surface area contributed by atoms with Gasteiger partial charge in [-0.25, -0.2) is 0 Å². The molecule has 12 heteroatoms. The van der Waals surface area contributed by atoms with Gasteiger partial charge in [-0.05, 0) is 31.5 Å². The summed E-state index contributed by atoms with van der Waals surface area (Å²) < 4.78 is 41.3. The van der Waals surface area contributed by atoms with Gasteiger partial charge in [0.25, 0.3) is 0 Å². The largest absolute Gasteiger partial charge is 0.416 e. The van der Waals surface area contributed by atoms with E-state index in [9.17, 15) is 28.1 Å². The lowest BCUT2D eigenvalue weighted by Gasteiger charge is -2.09. The van der Waals surface area contributed by atoms with E-state index in [4.69, 9.17) is 0 Å². The van der Waals surface area contributed by atoms with Crippen LogP contribution in [0.2, 0.25) is 0 Å². The molecule has 158 valence electrons. The number of nitrogens with one attached hydrogen (secondary N) is 1. The molecule has 0 aliphatic heterocycles. The second-order valence-electron chi connectivity index (χ2n) is 6.60. The molecule has 1 amide bonds. The number of halogens is 3. The summed E-state index contributed by atoms with van der Waals surface area (Å²) in [4.78, 5) is 22.5. The van der Waals surface area contributed by atoms with Crippen molar-refractivity contribution < 1.29 is 22.9 Å². The Morgan fingerprint density at radius 1 is 1.23 bits per heavy atom. The summed E-state index contributed by atoms with van der Waals surface area (Å²) in [6.45, 7) is 3.03. The smallest absolute Gasteiger partial charge is 0.308 e. The minimum atomic E-state index is -4.44. The predicted octanol–water partition coefficient (Wildman–Crippen LogP) is 3.31. The van der Waals surface area contributed by atoms with Crippen LogP contribution < -0.4 is 5.32 Å². The van der Waals surface area contributed by atoms with Crippen molar-refractivity contribution in [2.45, 2.75) is 33.1 Å². The number of hydrogen-bond acceptors (Lipinski definition) is 5. The third kappa shape index (κ3) is 4.64. The number of alkyl halides is 3. The molecule has 0 atom stereocenters. The van der Waals surface area contributed by atoms with Crippen LogP contribution in [-0.2, 0) is 24.1 Å². The highest BCUT2D eigenvalue weighted by Crippen LogP contribution is 2.29. The summed E-state index contributed by atoms with van der Waals surface area (Å²) in [5, 5.41) is 21.4. The van der Waals surface area contributed by atoms with Gasteiger partial charge in [0.15, 0.2) is 5.82 Å². The molecule has 0 aliphatic rings. The van der Waals surface area contributed by atoms with Crippen molar-refractivity contribution in [2.24, 2.45) is 0 Å². The van der Waals surface area contributed by atoms with Gasteiger partial charge in [-0.3, -0.25) is 24.3 Å². The first-order chi connectivity index (χ1) is 14.0. The van der Waals surface area contributed by atoms with E-state index >= 15 is 0 Å². The Morgan fingerprint density at radius 2 is 1.97 bits per heavy atom. The van der Waals surface area contributed by atoms with Crippen LogP contribution in [0.25, 0.3) is 0 Å². The summed E-state index contributed by atoms with van der Waals surface area (Å²) >= 11 is 0. The number of rotatable bonds is 6. The van der Waals surface area contributed by atoms with Crippen LogP contribution in [0.1, 0.15) is 22.5 Å². The van der Waals surface area contributed by atoms with Crippen molar-refractivity contribution >= 4 is 17.4 Å². The van der Waals surface area contributed by atoms with Crippen molar-refractivity contribution in [2.75, 3.05) is 5.32 Å². The van der Waals surface area contributed by atoms with Crippen LogP contribution in [0, 0.1) is 24.0 Å². The lowest BCUT2D eigenvalue weighted by atomic mass is 10.1. The van der Waals surface area contributed by atoms with E-state index in [0.717, 1.165) is 18.3 Å². The molecule has 0 spiro atoms. The number of hydrogen-bond donors (Lipinski definition) is 1. The Hall–Kier alpha value is -3.70. The molecular weight excluding hydrogens is 405 g/mol. The van der Waals surface area contributed by atoms with E-state index in [2.05, 4.69) is 15.5 Å². The van der Waals surface area contributed by atoms with Gasteiger partial charge in [-0.2, -0.15) is 23.4 Å². The van der Waals surface area contributed by atoms with Crippen molar-refractivity contribution in [3.8, 4) is 0 Å². The molecule has 2 heterocycles. The Bertz CT molecular complexity index is 1100. The van der Waals surface area contributed by atoms with Gasteiger partial charge in [-0.1, -0.05) is 12.1 Å². The maximum absolute atomic E-state index is 12.9. The predicted molar refractivity (Wildman–Crippen MR) is 99.8 cm³/mol. The second-order valence-corrected chi connectivity index (χ2v) is 6.60. The fourth-order valence-corrected chi connectivity index (χ4v) is 2.84. The van der Waals surface area contributed by atoms with E-state index in [1.165, 1.54) is 22.4 Å². The third-order valence-corrected chi connectivity index (χ3v) is 4.40. The van der Waals surface area contributed by atoms with Gasteiger partial charge in [0.05, 0.1) is 17.0 Å². The highest BCUT2D eigenvalue weighted by molar-refractivity contribution is 5.89. The van der Waals surface area contributed by atoms with Gasteiger partial charge < -0.3 is 5.32 Å². The average molecular weight is 422 g/mol. The Kier molecular flexibility index (Phi) is 5.58. The normalized spacial score (nSPS) is 11.5. The zero-order valence-electron chi connectivity index (χ0n) is 16.0. The number of nitro groups is 1. The van der Waals surface area contributed by atoms with Gasteiger partial charge >= 0.3 is 11.9 Å². The molecule has 0 saturated heterocycles. The van der Waals surface area contributed by atoms with Gasteiger partial charge in [0.2, 0.25) is 5.91 Å². The van der Waals surface area contributed by atoms with Crippen LogP contribution in [0.4, 0.5) is 24.7 Å². The monoisotopic (exact) mass is 422 g/mol. The molecule has 1 N–H and O–H groups in total. The Morgan fingerprint density at radius 3 is 2.60 bits per heavy atom. The maximum Gasteiger partial charge on any atom is 0.416 e. The van der Waals surface area contributed by atoms with Crippen LogP contribution in [0.5, 0.6) is 0 Å². The Balaban J connectivity index is 1.69. The first-order valence-corrected chi connectivity index (χ1v) is 8.72. The molecule has 30 heavy (non-hydrogen) atoms. The number of aromatic nitrogens is 4. The summed E-state index contributed by atoms with van der Waals surface area (Å²) in [6, 6.07) is 6.50. The number of nitrogens with zero attached hydrogens (tertiary/aromatic N) is 5. The van der Waals surface area contributed by atoms with Gasteiger partial charge in [0, 0.05) is 11.8 Å². The van der Waals surface area contributed by atoms with E-state index < -0.39 is 22.6 Å². The molecule has 0 radical (unpaired) electrons. The topological polar surface area (TPSA) is 108 Å². The molecule has 9 nitrogen and oxygen atoms in total. The number of aryl methyl sites for hydroxylation is 1. The standard InChI is InChI=1S/C18H17F3N6O3/c1-11-6-16(23-17(28)10-26-12(2)15(8-22-26)27(29)30)24-25(11)9-13-4-3-5-14(7-13)18(19,20)21/h3-8H,9-10H2,1-2H3,(H,23,24,28). The summed E-state index contributed by atoms with van der Waals surface area (Å²) in [6.07, 6.45) is -3.37. The number of carbonyl (C=O) groups is 1. The summed E-state index contributed by atoms with van der Waals surface area (Å²) in [5.74, 6) is -0.288. The van der Waals surface area contributed by atoms with E-state index in [1.807, 2.05) is 0 Å². The summed E-state index contributed by atoms with van der Waals surface area (Å²) in [5.41, 5.74) is 0.342. The van der Waals surface area contributed by atoms with E-state index in [-0.39, 0.29) is 30.3 Å². The average Bonchev–Trinajstić information content (AvgIpc) is 3.17. The van der Waals surface area contributed by atoms with E-state index in [1.54, 1.807) is 19.1 Å². The van der Waals surface area contributed by atoms with Crippen molar-refractivity contribution in [3.63, 3.8) is 0 Å². The molecular formula is C18H17F3N6O3. The van der Waals surface area contributed by atoms with Gasteiger partial charge in [0.1, 0.15) is 18.4 Å². The molecule has 0 fully saturated rings. The molecule has 0 unspecified atom stereocenters. The molecule has 0 bridgehead atoms. The van der Waals surface area contributed by atoms with Crippen LogP contribution in [-0.4, -0.2) is 30.4 Å². The number of benzene rings is 1. The maximum atomic E-state index is 12.9. The number of amides is 1. The zero-order chi connectivity index (χ0) is 22.1. The first-order valence-electron chi connectivity index (χ1n) is 8.72. The minimum Gasteiger partial charge on any atom is -0.308 e.